The number of phenols is 1. The predicted octanol–water partition coefficient (Wildman–Crippen LogP) is 4.53. The number of hydrogen-bond acceptors (Lipinski definition) is 9. The molecule has 1 fully saturated rings. The van der Waals surface area contributed by atoms with Crippen molar-refractivity contribution in [3.8, 4) is 28.7 Å². The summed E-state index contributed by atoms with van der Waals surface area (Å²) in [6, 6.07) is 17.9. The third kappa shape index (κ3) is 4.34. The lowest BCUT2D eigenvalue weighted by Crippen LogP contribution is -2.40. The van der Waals surface area contributed by atoms with Crippen LogP contribution in [0.15, 0.2) is 54.6 Å². The van der Waals surface area contributed by atoms with Crippen LogP contribution in [0.3, 0.4) is 0 Å². The molecule has 6 rings (SSSR count). The second-order valence-electron chi connectivity index (χ2n) is 10.5. The number of hydrogen-bond donors (Lipinski definition) is 1. The molecule has 210 valence electrons. The fourth-order valence-corrected chi connectivity index (χ4v) is 6.46. The molecule has 40 heavy (non-hydrogen) atoms. The van der Waals surface area contributed by atoms with Crippen LogP contribution in [0.2, 0.25) is 0 Å². The Labute approximate surface area is 233 Å². The third-order valence-electron chi connectivity index (χ3n) is 8.61. The van der Waals surface area contributed by atoms with E-state index in [2.05, 4.69) is 42.3 Å². The number of cyclic esters (lactones) is 1. The van der Waals surface area contributed by atoms with Crippen molar-refractivity contribution in [3.63, 3.8) is 0 Å². The van der Waals surface area contributed by atoms with Crippen LogP contribution in [0, 0.1) is 11.8 Å². The van der Waals surface area contributed by atoms with Gasteiger partial charge in [0.2, 0.25) is 12.5 Å². The second-order valence-corrected chi connectivity index (χ2v) is 10.5. The molecule has 0 radical (unpaired) electrons. The van der Waals surface area contributed by atoms with Gasteiger partial charge in [-0.1, -0.05) is 18.2 Å². The molecule has 3 aliphatic rings. The van der Waals surface area contributed by atoms with Gasteiger partial charge in [0.1, 0.15) is 0 Å². The highest BCUT2D eigenvalue weighted by Crippen LogP contribution is 2.57. The van der Waals surface area contributed by atoms with Crippen molar-refractivity contribution in [2.45, 2.75) is 18.3 Å². The monoisotopic (exact) mass is 546 g/mol. The van der Waals surface area contributed by atoms with Crippen LogP contribution in [-0.4, -0.2) is 64.3 Å². The molecule has 3 aromatic carbocycles. The predicted molar refractivity (Wildman–Crippen MR) is 148 cm³/mol. The zero-order valence-electron chi connectivity index (χ0n) is 23.1. The number of para-hydroxylation sites is 1. The SMILES string of the molecule is COc1cc([C@@H]2c3cc4c(cc3[C@@H](CCN(C)N(C)c3ccccc3)C3COC(=O)[C@@H]32)OCO4)cc(OC)c1O. The number of rotatable bonds is 8. The largest absolute Gasteiger partial charge is 0.502 e. The van der Waals surface area contributed by atoms with Crippen molar-refractivity contribution in [2.75, 3.05) is 53.3 Å². The summed E-state index contributed by atoms with van der Waals surface area (Å²) in [6.07, 6.45) is 0.813. The highest BCUT2D eigenvalue weighted by atomic mass is 16.7. The Kier molecular flexibility index (Phi) is 6.83. The van der Waals surface area contributed by atoms with E-state index >= 15 is 0 Å². The van der Waals surface area contributed by atoms with E-state index in [1.54, 1.807) is 12.1 Å². The highest BCUT2D eigenvalue weighted by molar-refractivity contribution is 5.79. The maximum atomic E-state index is 13.4. The first-order chi connectivity index (χ1) is 19.4. The van der Waals surface area contributed by atoms with Gasteiger partial charge >= 0.3 is 5.97 Å². The maximum Gasteiger partial charge on any atom is 0.310 e. The Morgan fingerprint density at radius 1 is 0.925 bits per heavy atom. The summed E-state index contributed by atoms with van der Waals surface area (Å²) in [4.78, 5) is 13.4. The number of fused-ring (bicyclic) bond motifs is 3. The molecule has 0 saturated carbocycles. The van der Waals surface area contributed by atoms with Gasteiger partial charge in [-0.3, -0.25) is 4.79 Å². The van der Waals surface area contributed by atoms with Crippen molar-refractivity contribution in [3.05, 3.63) is 71.3 Å². The van der Waals surface area contributed by atoms with Gasteiger partial charge in [-0.15, -0.1) is 0 Å². The molecule has 2 aliphatic heterocycles. The number of phenolic OH excluding ortho intramolecular Hbond substituents is 1. The van der Waals surface area contributed by atoms with Gasteiger partial charge < -0.3 is 33.8 Å². The summed E-state index contributed by atoms with van der Waals surface area (Å²) in [5.41, 5.74) is 4.02. The van der Waals surface area contributed by atoms with Crippen LogP contribution in [-0.2, 0) is 9.53 Å². The topological polar surface area (TPSA) is 89.9 Å². The molecule has 1 N–H and O–H groups in total. The molecule has 1 aliphatic carbocycles. The quantitative estimate of drug-likeness (QED) is 0.323. The van der Waals surface area contributed by atoms with Gasteiger partial charge in [0.15, 0.2) is 23.0 Å². The number of benzene rings is 3. The van der Waals surface area contributed by atoms with E-state index in [0.717, 1.165) is 35.3 Å². The van der Waals surface area contributed by atoms with Crippen molar-refractivity contribution >= 4 is 11.7 Å². The average Bonchev–Trinajstić information content (AvgIpc) is 3.60. The molecular weight excluding hydrogens is 512 g/mol. The van der Waals surface area contributed by atoms with E-state index in [9.17, 15) is 9.90 Å². The van der Waals surface area contributed by atoms with Crippen molar-refractivity contribution in [1.82, 2.24) is 5.01 Å². The number of ether oxygens (including phenoxy) is 5. The number of methoxy groups -OCH3 is 2. The van der Waals surface area contributed by atoms with E-state index in [-0.39, 0.29) is 47.8 Å². The lowest BCUT2D eigenvalue weighted by atomic mass is 9.62. The molecule has 4 atom stereocenters. The molecule has 0 amide bonds. The number of hydrazine groups is 1. The number of aromatic hydroxyl groups is 1. The molecule has 0 bridgehead atoms. The van der Waals surface area contributed by atoms with Crippen molar-refractivity contribution in [1.29, 1.82) is 0 Å². The first-order valence-electron chi connectivity index (χ1n) is 13.5. The van der Waals surface area contributed by atoms with Gasteiger partial charge in [-0.25, -0.2) is 5.01 Å². The van der Waals surface area contributed by atoms with Crippen LogP contribution in [0.4, 0.5) is 5.69 Å². The maximum absolute atomic E-state index is 13.4. The smallest absolute Gasteiger partial charge is 0.310 e. The summed E-state index contributed by atoms with van der Waals surface area (Å²) in [5, 5.41) is 14.9. The van der Waals surface area contributed by atoms with E-state index < -0.39 is 5.92 Å². The highest BCUT2D eigenvalue weighted by Gasteiger charge is 2.52. The standard InChI is InChI=1S/C31H34N2O7/c1-32(33(2)19-8-6-5-7-9-19)11-10-20-21-14-24-25(40-17-39-24)15-22(21)28(29-23(20)16-38-31(29)35)18-12-26(36-3)30(34)27(13-18)37-4/h5-9,12-15,20,23,28-29,34H,10-11,16-17H2,1-4H3/t20-,23?,28-,29+/m1/s1. The zero-order chi connectivity index (χ0) is 28.0. The van der Waals surface area contributed by atoms with Gasteiger partial charge in [0.25, 0.3) is 0 Å². The van der Waals surface area contributed by atoms with Crippen LogP contribution < -0.4 is 24.0 Å². The normalized spacial score (nSPS) is 22.5. The number of carbonyl (C=O) groups excluding carboxylic acids is 1. The Balaban J connectivity index is 1.41. The molecule has 9 heteroatoms. The molecule has 9 nitrogen and oxygen atoms in total. The summed E-state index contributed by atoms with van der Waals surface area (Å²) < 4.78 is 28.2. The first kappa shape index (κ1) is 26.1. The Bertz CT molecular complexity index is 1390. The third-order valence-corrected chi connectivity index (χ3v) is 8.61. The summed E-state index contributed by atoms with van der Waals surface area (Å²) in [7, 11) is 7.12. The number of nitrogens with zero attached hydrogens (tertiary/aromatic N) is 2. The molecule has 1 saturated heterocycles. The van der Waals surface area contributed by atoms with E-state index in [1.807, 2.05) is 24.3 Å². The van der Waals surface area contributed by atoms with E-state index in [0.29, 0.717) is 18.1 Å². The van der Waals surface area contributed by atoms with Gasteiger partial charge in [-0.05, 0) is 65.4 Å². The summed E-state index contributed by atoms with van der Waals surface area (Å²) in [6.45, 7) is 1.28. The fraction of sp³-hybridized carbons (Fsp3) is 0.387. The van der Waals surface area contributed by atoms with Crippen LogP contribution in [0.25, 0.3) is 0 Å². The van der Waals surface area contributed by atoms with Gasteiger partial charge in [0.05, 0.1) is 32.4 Å². The number of esters is 1. The molecule has 2 heterocycles. The zero-order valence-corrected chi connectivity index (χ0v) is 23.1. The lowest BCUT2D eigenvalue weighted by molar-refractivity contribution is -0.141. The van der Waals surface area contributed by atoms with Gasteiger partial charge in [-0.2, -0.15) is 0 Å². The van der Waals surface area contributed by atoms with E-state index in [1.165, 1.54) is 14.2 Å². The molecule has 0 aromatic heterocycles. The minimum absolute atomic E-state index is 0.0356. The molecule has 1 unspecified atom stereocenters. The summed E-state index contributed by atoms with van der Waals surface area (Å²) >= 11 is 0. The van der Waals surface area contributed by atoms with Crippen LogP contribution >= 0.6 is 0 Å². The minimum atomic E-state index is -0.408. The Hall–Kier alpha value is -4.11. The number of anilines is 1. The van der Waals surface area contributed by atoms with Crippen molar-refractivity contribution in [2.24, 2.45) is 11.8 Å². The van der Waals surface area contributed by atoms with E-state index in [4.69, 9.17) is 23.7 Å². The molecular formula is C31H34N2O7. The molecule has 3 aromatic rings. The van der Waals surface area contributed by atoms with Crippen LogP contribution in [0.1, 0.15) is 34.9 Å². The minimum Gasteiger partial charge on any atom is -0.502 e. The number of carbonyl (C=O) groups is 1. The Morgan fingerprint density at radius 3 is 2.23 bits per heavy atom. The molecule has 0 spiro atoms. The average molecular weight is 547 g/mol. The summed E-state index contributed by atoms with van der Waals surface area (Å²) in [5.74, 6) is 0.917. The van der Waals surface area contributed by atoms with Crippen molar-refractivity contribution < 1.29 is 33.6 Å². The second kappa shape index (κ2) is 10.5. The lowest BCUT2D eigenvalue weighted by Gasteiger charge is -2.40. The Morgan fingerprint density at radius 2 is 1.57 bits per heavy atom. The van der Waals surface area contributed by atoms with Crippen LogP contribution in [0.5, 0.6) is 28.7 Å². The first-order valence-corrected chi connectivity index (χ1v) is 13.5. The van der Waals surface area contributed by atoms with Gasteiger partial charge in [0, 0.05) is 32.5 Å². The fourth-order valence-electron chi connectivity index (χ4n) is 6.46.